The molecule has 10 heteroatoms. The van der Waals surface area contributed by atoms with Crippen LogP contribution in [-0.2, 0) is 21.1 Å². The molecule has 0 radical (unpaired) electrons. The molecule has 1 aliphatic rings. The van der Waals surface area contributed by atoms with Gasteiger partial charge in [0.2, 0.25) is 5.91 Å². The largest absolute Gasteiger partial charge is 0.354 e. The monoisotopic (exact) mass is 421 g/mol. The van der Waals surface area contributed by atoms with E-state index in [0.717, 1.165) is 5.56 Å². The minimum atomic E-state index is -3.07. The number of amides is 3. The molecular formula is C16H21Cl2N3O4S. The summed E-state index contributed by atoms with van der Waals surface area (Å²) in [5.41, 5.74) is 0.858. The van der Waals surface area contributed by atoms with Crippen LogP contribution in [-0.4, -0.2) is 50.5 Å². The number of halogens is 2. The Morgan fingerprint density at radius 1 is 1.31 bits per heavy atom. The molecule has 26 heavy (non-hydrogen) atoms. The standard InChI is InChI=1S/C16H21Cl2N3O4S/c1-10(20-16(23)21-13-5-7-26(24,25)9-13)15(22)19-6-4-11-2-3-12(17)8-14(11)18/h2-3,8,10,13H,4-7,9H2,1H3,(H,19,22)(H2,20,21,23)/t10-,13+/m0/s1. The maximum absolute atomic E-state index is 12.0. The fourth-order valence-electron chi connectivity index (χ4n) is 2.60. The Balaban J connectivity index is 1.72. The Labute approximate surface area is 162 Å². The summed E-state index contributed by atoms with van der Waals surface area (Å²) in [7, 11) is -3.07. The van der Waals surface area contributed by atoms with E-state index >= 15 is 0 Å². The van der Waals surface area contributed by atoms with E-state index in [4.69, 9.17) is 23.2 Å². The molecule has 0 aromatic heterocycles. The van der Waals surface area contributed by atoms with Crippen molar-refractivity contribution < 1.29 is 18.0 Å². The fourth-order valence-corrected chi connectivity index (χ4v) is 4.77. The van der Waals surface area contributed by atoms with Crippen molar-refractivity contribution in [2.24, 2.45) is 0 Å². The molecule has 1 saturated heterocycles. The summed E-state index contributed by atoms with van der Waals surface area (Å²) in [5, 5.41) is 8.87. The lowest BCUT2D eigenvalue weighted by atomic mass is 10.1. The maximum atomic E-state index is 12.0. The Kier molecular flexibility index (Phi) is 7.14. The lowest BCUT2D eigenvalue weighted by molar-refractivity contribution is -0.122. The third-order valence-electron chi connectivity index (χ3n) is 4.02. The van der Waals surface area contributed by atoms with Crippen LogP contribution in [0.3, 0.4) is 0 Å². The van der Waals surface area contributed by atoms with E-state index in [-0.39, 0.29) is 17.4 Å². The Bertz CT molecular complexity index is 786. The minimum Gasteiger partial charge on any atom is -0.354 e. The fraction of sp³-hybridized carbons (Fsp3) is 0.500. The van der Waals surface area contributed by atoms with Crippen LogP contribution in [0.5, 0.6) is 0 Å². The number of sulfone groups is 1. The Morgan fingerprint density at radius 3 is 2.65 bits per heavy atom. The number of hydrogen-bond acceptors (Lipinski definition) is 4. The molecule has 1 aliphatic heterocycles. The van der Waals surface area contributed by atoms with Crippen LogP contribution in [0.15, 0.2) is 18.2 Å². The molecule has 1 fully saturated rings. The number of carbonyl (C=O) groups excluding carboxylic acids is 2. The second kappa shape index (κ2) is 8.92. The van der Waals surface area contributed by atoms with Gasteiger partial charge in [0.1, 0.15) is 6.04 Å². The highest BCUT2D eigenvalue weighted by Gasteiger charge is 2.29. The van der Waals surface area contributed by atoms with Gasteiger partial charge in [0.15, 0.2) is 9.84 Å². The molecule has 0 unspecified atom stereocenters. The van der Waals surface area contributed by atoms with E-state index in [1.165, 1.54) is 0 Å². The first-order valence-corrected chi connectivity index (χ1v) is 10.7. The first kappa shape index (κ1) is 20.8. The highest BCUT2D eigenvalue weighted by atomic mass is 35.5. The molecule has 0 spiro atoms. The molecule has 2 rings (SSSR count). The van der Waals surface area contributed by atoms with E-state index < -0.39 is 28.0 Å². The van der Waals surface area contributed by atoms with Crippen LogP contribution < -0.4 is 16.0 Å². The van der Waals surface area contributed by atoms with Gasteiger partial charge < -0.3 is 16.0 Å². The Morgan fingerprint density at radius 2 is 2.04 bits per heavy atom. The summed E-state index contributed by atoms with van der Waals surface area (Å²) in [4.78, 5) is 23.9. The molecule has 3 N–H and O–H groups in total. The highest BCUT2D eigenvalue weighted by Crippen LogP contribution is 2.21. The van der Waals surface area contributed by atoms with Crippen molar-refractivity contribution in [1.82, 2.24) is 16.0 Å². The third kappa shape index (κ3) is 6.34. The van der Waals surface area contributed by atoms with Gasteiger partial charge in [-0.05, 0) is 37.5 Å². The zero-order valence-corrected chi connectivity index (χ0v) is 16.5. The predicted molar refractivity (Wildman–Crippen MR) is 101 cm³/mol. The second-order valence-electron chi connectivity index (χ2n) is 6.22. The average molecular weight is 422 g/mol. The van der Waals surface area contributed by atoms with Gasteiger partial charge in [-0.2, -0.15) is 0 Å². The molecule has 2 atom stereocenters. The zero-order valence-electron chi connectivity index (χ0n) is 14.2. The van der Waals surface area contributed by atoms with Gasteiger partial charge >= 0.3 is 6.03 Å². The number of urea groups is 1. The summed E-state index contributed by atoms with van der Waals surface area (Å²) in [6.07, 6.45) is 0.915. The molecule has 1 heterocycles. The topological polar surface area (TPSA) is 104 Å². The molecule has 7 nitrogen and oxygen atoms in total. The first-order chi connectivity index (χ1) is 12.2. The van der Waals surface area contributed by atoms with Gasteiger partial charge in [-0.25, -0.2) is 13.2 Å². The lowest BCUT2D eigenvalue weighted by Gasteiger charge is -2.17. The van der Waals surface area contributed by atoms with Gasteiger partial charge in [0.05, 0.1) is 11.5 Å². The number of carbonyl (C=O) groups is 2. The molecule has 0 saturated carbocycles. The molecular weight excluding hydrogens is 401 g/mol. The molecule has 0 aliphatic carbocycles. The van der Waals surface area contributed by atoms with Gasteiger partial charge in [-0.15, -0.1) is 0 Å². The predicted octanol–water partition coefficient (Wildman–Crippen LogP) is 1.53. The molecule has 0 bridgehead atoms. The lowest BCUT2D eigenvalue weighted by Crippen LogP contribution is -2.51. The van der Waals surface area contributed by atoms with Crippen molar-refractivity contribution in [1.29, 1.82) is 0 Å². The van der Waals surface area contributed by atoms with Gasteiger partial charge in [-0.3, -0.25) is 4.79 Å². The van der Waals surface area contributed by atoms with Crippen LogP contribution in [0.2, 0.25) is 10.0 Å². The average Bonchev–Trinajstić information content (AvgIpc) is 2.87. The normalized spacial score (nSPS) is 19.6. The maximum Gasteiger partial charge on any atom is 0.315 e. The van der Waals surface area contributed by atoms with E-state index in [9.17, 15) is 18.0 Å². The zero-order chi connectivity index (χ0) is 19.3. The quantitative estimate of drug-likeness (QED) is 0.647. The van der Waals surface area contributed by atoms with Crippen LogP contribution >= 0.6 is 23.2 Å². The van der Waals surface area contributed by atoms with E-state index in [2.05, 4.69) is 16.0 Å². The molecule has 1 aromatic rings. The SMILES string of the molecule is C[C@H](NC(=O)N[C@@H]1CCS(=O)(=O)C1)C(=O)NCCc1ccc(Cl)cc1Cl. The second-order valence-corrected chi connectivity index (χ2v) is 9.29. The number of benzene rings is 1. The summed E-state index contributed by atoms with van der Waals surface area (Å²) in [6, 6.07) is 3.42. The number of hydrogen-bond donors (Lipinski definition) is 3. The summed E-state index contributed by atoms with van der Waals surface area (Å²) in [6.45, 7) is 1.91. The summed E-state index contributed by atoms with van der Waals surface area (Å²) in [5.74, 6) is -0.339. The first-order valence-electron chi connectivity index (χ1n) is 8.15. The summed E-state index contributed by atoms with van der Waals surface area (Å²) < 4.78 is 22.8. The number of nitrogens with one attached hydrogen (secondary N) is 3. The Hall–Kier alpha value is -1.51. The van der Waals surface area contributed by atoms with Gasteiger partial charge in [0.25, 0.3) is 0 Å². The van der Waals surface area contributed by atoms with Crippen LogP contribution in [0.25, 0.3) is 0 Å². The minimum absolute atomic E-state index is 0.0666. The van der Waals surface area contributed by atoms with Crippen LogP contribution in [0, 0.1) is 0 Å². The van der Waals surface area contributed by atoms with Crippen molar-refractivity contribution in [3.05, 3.63) is 33.8 Å². The van der Waals surface area contributed by atoms with Crippen molar-refractivity contribution in [2.45, 2.75) is 31.8 Å². The van der Waals surface area contributed by atoms with Crippen molar-refractivity contribution in [3.8, 4) is 0 Å². The van der Waals surface area contributed by atoms with Gasteiger partial charge in [0, 0.05) is 22.6 Å². The van der Waals surface area contributed by atoms with Gasteiger partial charge in [-0.1, -0.05) is 29.3 Å². The summed E-state index contributed by atoms with van der Waals surface area (Å²) >= 11 is 11.9. The van der Waals surface area contributed by atoms with Crippen molar-refractivity contribution in [3.63, 3.8) is 0 Å². The van der Waals surface area contributed by atoms with E-state index in [1.54, 1.807) is 25.1 Å². The third-order valence-corrected chi connectivity index (χ3v) is 6.37. The molecule has 3 amide bonds. The van der Waals surface area contributed by atoms with E-state index in [0.29, 0.717) is 29.4 Å². The molecule has 144 valence electrons. The highest BCUT2D eigenvalue weighted by molar-refractivity contribution is 7.91. The number of rotatable bonds is 6. The van der Waals surface area contributed by atoms with Crippen molar-refractivity contribution in [2.75, 3.05) is 18.1 Å². The smallest absolute Gasteiger partial charge is 0.315 e. The van der Waals surface area contributed by atoms with E-state index in [1.807, 2.05) is 0 Å². The molecule has 1 aromatic carbocycles. The van der Waals surface area contributed by atoms with Crippen LogP contribution in [0.4, 0.5) is 4.79 Å². The van der Waals surface area contributed by atoms with Crippen LogP contribution in [0.1, 0.15) is 18.9 Å². The van der Waals surface area contributed by atoms with Crippen molar-refractivity contribution >= 4 is 45.0 Å².